The number of Topliss-reactive ketones (excluding diaryl/α,β-unsaturated/α-hetero) is 1. The first kappa shape index (κ1) is 9.79. The lowest BCUT2D eigenvalue weighted by Crippen LogP contribution is -2.58. The number of rotatable bonds is 2. The molecule has 84 valence electrons. The van der Waals surface area contributed by atoms with Crippen molar-refractivity contribution in [3.05, 3.63) is 0 Å². The third-order valence-electron chi connectivity index (χ3n) is 4.18. The molecule has 3 heteroatoms. The topological polar surface area (TPSA) is 23.6 Å². The van der Waals surface area contributed by atoms with Crippen LogP contribution in [0.3, 0.4) is 0 Å². The minimum atomic E-state index is 0.318. The van der Waals surface area contributed by atoms with Crippen LogP contribution in [0.15, 0.2) is 0 Å². The molecule has 0 aromatic carbocycles. The molecule has 0 N–H and O–H groups in total. The Hall–Kier alpha value is -0.410. The summed E-state index contributed by atoms with van der Waals surface area (Å²) in [7, 11) is 0. The summed E-state index contributed by atoms with van der Waals surface area (Å²) < 4.78 is 0. The van der Waals surface area contributed by atoms with Crippen LogP contribution in [0.1, 0.15) is 19.8 Å². The van der Waals surface area contributed by atoms with Crippen molar-refractivity contribution in [1.82, 2.24) is 9.80 Å². The summed E-state index contributed by atoms with van der Waals surface area (Å²) in [5, 5.41) is 0. The van der Waals surface area contributed by atoms with E-state index in [9.17, 15) is 4.79 Å². The highest BCUT2D eigenvalue weighted by Crippen LogP contribution is 2.33. The first-order valence-corrected chi connectivity index (χ1v) is 6.28. The van der Waals surface area contributed by atoms with Crippen molar-refractivity contribution in [3.8, 4) is 0 Å². The maximum absolute atomic E-state index is 12.0. The molecule has 0 radical (unpaired) electrons. The second kappa shape index (κ2) is 3.56. The summed E-state index contributed by atoms with van der Waals surface area (Å²) >= 11 is 0. The predicted molar refractivity (Wildman–Crippen MR) is 58.7 cm³/mol. The zero-order valence-electron chi connectivity index (χ0n) is 9.48. The van der Waals surface area contributed by atoms with Crippen molar-refractivity contribution in [3.63, 3.8) is 0 Å². The first-order valence-electron chi connectivity index (χ1n) is 6.28. The zero-order valence-corrected chi connectivity index (χ0v) is 9.48. The largest absolute Gasteiger partial charge is 0.302 e. The molecule has 3 rings (SSSR count). The molecule has 1 aliphatic carbocycles. The maximum Gasteiger partial charge on any atom is 0.144 e. The van der Waals surface area contributed by atoms with Crippen molar-refractivity contribution in [2.24, 2.45) is 11.8 Å². The number of fused-ring (bicyclic) bond motifs is 2. The highest BCUT2D eigenvalue weighted by atomic mass is 16.1. The standard InChI is InChI=1S/C12H20N2O/c1-2-13-5-9-7-14(11-3-4-11)8-10(6-13)12(9)15/h9-11H,2-8H2,1H3. The Bertz CT molecular complexity index is 257. The fourth-order valence-electron chi connectivity index (χ4n) is 3.14. The minimum absolute atomic E-state index is 0.318. The zero-order chi connectivity index (χ0) is 10.4. The van der Waals surface area contributed by atoms with E-state index in [2.05, 4.69) is 16.7 Å². The van der Waals surface area contributed by atoms with E-state index >= 15 is 0 Å². The van der Waals surface area contributed by atoms with Gasteiger partial charge in [0.15, 0.2) is 0 Å². The maximum atomic E-state index is 12.0. The van der Waals surface area contributed by atoms with Crippen LogP contribution in [-0.4, -0.2) is 54.3 Å². The Labute approximate surface area is 91.4 Å². The van der Waals surface area contributed by atoms with Gasteiger partial charge in [0, 0.05) is 44.1 Å². The molecule has 2 bridgehead atoms. The van der Waals surface area contributed by atoms with Gasteiger partial charge in [-0.1, -0.05) is 6.92 Å². The van der Waals surface area contributed by atoms with Crippen LogP contribution in [-0.2, 0) is 4.79 Å². The molecular weight excluding hydrogens is 188 g/mol. The molecule has 2 heterocycles. The van der Waals surface area contributed by atoms with Gasteiger partial charge in [-0.3, -0.25) is 9.69 Å². The number of nitrogens with zero attached hydrogens (tertiary/aromatic N) is 2. The molecule has 0 aromatic rings. The molecule has 1 saturated carbocycles. The van der Waals surface area contributed by atoms with E-state index in [1.807, 2.05) is 0 Å². The van der Waals surface area contributed by atoms with Crippen LogP contribution in [0.2, 0.25) is 0 Å². The van der Waals surface area contributed by atoms with Gasteiger partial charge >= 0.3 is 0 Å². The van der Waals surface area contributed by atoms with Gasteiger partial charge in [-0.05, 0) is 19.4 Å². The van der Waals surface area contributed by atoms with E-state index < -0.39 is 0 Å². The lowest BCUT2D eigenvalue weighted by molar-refractivity contribution is -0.137. The molecule has 2 unspecified atom stereocenters. The van der Waals surface area contributed by atoms with E-state index in [0.29, 0.717) is 17.6 Å². The third kappa shape index (κ3) is 1.72. The Morgan fingerprint density at radius 1 is 1.13 bits per heavy atom. The van der Waals surface area contributed by atoms with Crippen molar-refractivity contribution in [2.45, 2.75) is 25.8 Å². The lowest BCUT2D eigenvalue weighted by atomic mass is 9.83. The number of carbonyl (C=O) groups is 1. The van der Waals surface area contributed by atoms with Gasteiger partial charge < -0.3 is 4.90 Å². The molecule has 2 saturated heterocycles. The summed E-state index contributed by atoms with van der Waals surface area (Å²) in [5.74, 6) is 1.19. The van der Waals surface area contributed by atoms with Gasteiger partial charge in [0.2, 0.25) is 0 Å². The molecule has 3 aliphatic rings. The molecule has 2 atom stereocenters. The number of piperidine rings is 2. The number of likely N-dealkylation sites (tertiary alicyclic amines) is 2. The summed E-state index contributed by atoms with van der Waals surface area (Å²) in [6.45, 7) is 7.39. The summed E-state index contributed by atoms with van der Waals surface area (Å²) in [4.78, 5) is 17.0. The van der Waals surface area contributed by atoms with Crippen LogP contribution in [0.5, 0.6) is 0 Å². The van der Waals surface area contributed by atoms with E-state index in [1.54, 1.807) is 0 Å². The van der Waals surface area contributed by atoms with Crippen LogP contribution < -0.4 is 0 Å². The number of carbonyl (C=O) groups excluding carboxylic acids is 1. The molecule has 15 heavy (non-hydrogen) atoms. The van der Waals surface area contributed by atoms with E-state index in [-0.39, 0.29) is 0 Å². The molecular formula is C12H20N2O. The Balaban J connectivity index is 1.72. The SMILES string of the molecule is CCN1CC2CN(C3CC3)CC(C1)C2=O. The second-order valence-corrected chi connectivity index (χ2v) is 5.33. The van der Waals surface area contributed by atoms with E-state index in [1.165, 1.54) is 12.8 Å². The number of ketones is 1. The Morgan fingerprint density at radius 3 is 2.20 bits per heavy atom. The van der Waals surface area contributed by atoms with Gasteiger partial charge in [-0.15, -0.1) is 0 Å². The summed E-state index contributed by atoms with van der Waals surface area (Å²) in [6, 6.07) is 0.830. The molecule has 0 aromatic heterocycles. The highest BCUT2D eigenvalue weighted by molar-refractivity contribution is 5.85. The lowest BCUT2D eigenvalue weighted by Gasteiger charge is -2.44. The summed E-state index contributed by atoms with van der Waals surface area (Å²) in [6.07, 6.45) is 2.73. The minimum Gasteiger partial charge on any atom is -0.302 e. The van der Waals surface area contributed by atoms with Crippen LogP contribution in [0, 0.1) is 11.8 Å². The average Bonchev–Trinajstić information content (AvgIpc) is 3.00. The van der Waals surface area contributed by atoms with Gasteiger partial charge in [0.05, 0.1) is 0 Å². The average molecular weight is 208 g/mol. The van der Waals surface area contributed by atoms with Gasteiger partial charge in [0.1, 0.15) is 5.78 Å². The van der Waals surface area contributed by atoms with Crippen LogP contribution >= 0.6 is 0 Å². The monoisotopic (exact) mass is 208 g/mol. The van der Waals surface area contributed by atoms with E-state index in [4.69, 9.17) is 0 Å². The molecule has 2 aliphatic heterocycles. The van der Waals surface area contributed by atoms with Crippen molar-refractivity contribution >= 4 is 5.78 Å². The Morgan fingerprint density at radius 2 is 1.73 bits per heavy atom. The Kier molecular flexibility index (Phi) is 2.33. The fourth-order valence-corrected chi connectivity index (χ4v) is 3.14. The van der Waals surface area contributed by atoms with Gasteiger partial charge in [-0.25, -0.2) is 0 Å². The normalized spacial score (nSPS) is 38.3. The first-order chi connectivity index (χ1) is 7.28. The van der Waals surface area contributed by atoms with Crippen molar-refractivity contribution < 1.29 is 4.79 Å². The molecule has 0 amide bonds. The number of hydrogen-bond donors (Lipinski definition) is 0. The second-order valence-electron chi connectivity index (χ2n) is 5.33. The molecule has 3 nitrogen and oxygen atoms in total. The predicted octanol–water partition coefficient (Wildman–Crippen LogP) is 0.601. The molecule has 0 spiro atoms. The van der Waals surface area contributed by atoms with E-state index in [0.717, 1.165) is 38.8 Å². The van der Waals surface area contributed by atoms with Crippen LogP contribution in [0.4, 0.5) is 0 Å². The smallest absolute Gasteiger partial charge is 0.144 e. The van der Waals surface area contributed by atoms with Crippen molar-refractivity contribution in [2.75, 3.05) is 32.7 Å². The van der Waals surface area contributed by atoms with Crippen LogP contribution in [0.25, 0.3) is 0 Å². The third-order valence-corrected chi connectivity index (χ3v) is 4.18. The number of hydrogen-bond acceptors (Lipinski definition) is 3. The highest BCUT2D eigenvalue weighted by Gasteiger charge is 2.44. The fraction of sp³-hybridized carbons (Fsp3) is 0.917. The van der Waals surface area contributed by atoms with Crippen molar-refractivity contribution in [1.29, 1.82) is 0 Å². The molecule has 3 fully saturated rings. The summed E-state index contributed by atoms with van der Waals surface area (Å²) in [5.41, 5.74) is 0. The quantitative estimate of drug-likeness (QED) is 0.664. The van der Waals surface area contributed by atoms with Gasteiger partial charge in [0.25, 0.3) is 0 Å². The van der Waals surface area contributed by atoms with Gasteiger partial charge in [-0.2, -0.15) is 0 Å².